The van der Waals surface area contributed by atoms with Crippen LogP contribution in [0.3, 0.4) is 0 Å². The highest BCUT2D eigenvalue weighted by Crippen LogP contribution is 2.29. The Hall–Kier alpha value is -0.350. The second kappa shape index (κ2) is 6.01. The minimum absolute atomic E-state index is 0.327. The molecule has 0 saturated carbocycles. The predicted molar refractivity (Wildman–Crippen MR) is 79.0 cm³/mol. The van der Waals surface area contributed by atoms with Crippen molar-refractivity contribution in [3.63, 3.8) is 0 Å². The number of thiophene rings is 1. The van der Waals surface area contributed by atoms with Crippen molar-refractivity contribution in [2.24, 2.45) is 0 Å². The van der Waals surface area contributed by atoms with Gasteiger partial charge in [-0.2, -0.15) is 0 Å². The first-order valence-corrected chi connectivity index (χ1v) is 7.34. The average molecular weight is 331 g/mol. The molecule has 1 nitrogen and oxygen atoms in total. The summed E-state index contributed by atoms with van der Waals surface area (Å²) in [6.07, 6.45) is 0.973. The van der Waals surface area contributed by atoms with Crippen molar-refractivity contribution in [2.75, 3.05) is 7.05 Å². The number of nitrogens with one attached hydrogen (secondary N) is 1. The lowest BCUT2D eigenvalue weighted by Gasteiger charge is -2.14. The lowest BCUT2D eigenvalue weighted by molar-refractivity contribution is 0.602. The Labute approximate surface area is 119 Å². The van der Waals surface area contributed by atoms with Gasteiger partial charge in [0.1, 0.15) is 0 Å². The van der Waals surface area contributed by atoms with Gasteiger partial charge < -0.3 is 5.32 Å². The molecule has 0 aliphatic rings. The Morgan fingerprint density at radius 1 is 1.24 bits per heavy atom. The summed E-state index contributed by atoms with van der Waals surface area (Å²) in [4.78, 5) is 1.28. The van der Waals surface area contributed by atoms with Gasteiger partial charge in [0.25, 0.3) is 0 Å². The third-order valence-corrected chi connectivity index (χ3v) is 4.51. The van der Waals surface area contributed by atoms with Crippen molar-refractivity contribution < 1.29 is 0 Å². The van der Waals surface area contributed by atoms with E-state index in [0.717, 1.165) is 15.2 Å². The van der Waals surface area contributed by atoms with Crippen LogP contribution in [0.2, 0.25) is 4.34 Å². The Bertz CT molecular complexity index is 480. The molecule has 1 unspecified atom stereocenters. The second-order valence-electron chi connectivity index (χ2n) is 3.81. The van der Waals surface area contributed by atoms with Gasteiger partial charge in [-0.05, 0) is 43.3 Å². The van der Waals surface area contributed by atoms with Gasteiger partial charge in [-0.25, -0.2) is 0 Å². The molecular formula is C13H13BrClNS. The minimum atomic E-state index is 0.327. The minimum Gasteiger partial charge on any atom is -0.312 e. The zero-order valence-corrected chi connectivity index (χ0v) is 12.6. The van der Waals surface area contributed by atoms with Crippen molar-refractivity contribution in [3.8, 4) is 0 Å². The molecule has 0 aliphatic heterocycles. The SMILES string of the molecule is CNC(Cc1ccc(Br)cc1)c1ccc(Cl)s1. The van der Waals surface area contributed by atoms with Gasteiger partial charge in [-0.1, -0.05) is 39.7 Å². The normalized spacial score (nSPS) is 12.6. The van der Waals surface area contributed by atoms with Crippen molar-refractivity contribution in [1.82, 2.24) is 5.32 Å². The second-order valence-corrected chi connectivity index (χ2v) is 6.48. The Morgan fingerprint density at radius 3 is 2.47 bits per heavy atom. The highest BCUT2D eigenvalue weighted by Gasteiger charge is 2.12. The molecule has 0 bridgehead atoms. The highest BCUT2D eigenvalue weighted by atomic mass is 79.9. The average Bonchev–Trinajstić information content (AvgIpc) is 2.75. The maximum atomic E-state index is 5.97. The summed E-state index contributed by atoms with van der Waals surface area (Å²) in [7, 11) is 1.98. The quantitative estimate of drug-likeness (QED) is 0.859. The van der Waals surface area contributed by atoms with E-state index >= 15 is 0 Å². The van der Waals surface area contributed by atoms with Gasteiger partial charge in [-0.15, -0.1) is 11.3 Å². The van der Waals surface area contributed by atoms with Crippen LogP contribution in [-0.2, 0) is 6.42 Å². The van der Waals surface area contributed by atoms with Crippen LogP contribution in [0.5, 0.6) is 0 Å². The molecule has 4 heteroatoms. The van der Waals surface area contributed by atoms with Gasteiger partial charge in [0.2, 0.25) is 0 Å². The fourth-order valence-corrected chi connectivity index (χ4v) is 3.15. The molecule has 0 amide bonds. The van der Waals surface area contributed by atoms with Crippen molar-refractivity contribution in [1.29, 1.82) is 0 Å². The van der Waals surface area contributed by atoms with Gasteiger partial charge in [0, 0.05) is 15.4 Å². The molecule has 2 aromatic rings. The van der Waals surface area contributed by atoms with Gasteiger partial charge in [-0.3, -0.25) is 0 Å². The zero-order chi connectivity index (χ0) is 12.3. The van der Waals surface area contributed by atoms with E-state index in [2.05, 4.69) is 51.6 Å². The fraction of sp³-hybridized carbons (Fsp3) is 0.231. The van der Waals surface area contributed by atoms with Crippen LogP contribution in [0.15, 0.2) is 40.9 Å². The molecule has 1 aromatic heterocycles. The molecule has 17 heavy (non-hydrogen) atoms. The lowest BCUT2D eigenvalue weighted by Crippen LogP contribution is -2.17. The number of rotatable bonds is 4. The largest absolute Gasteiger partial charge is 0.312 e. The van der Waals surface area contributed by atoms with Crippen LogP contribution in [0, 0.1) is 0 Å². The molecule has 0 spiro atoms. The summed E-state index contributed by atoms with van der Waals surface area (Å²) < 4.78 is 1.96. The summed E-state index contributed by atoms with van der Waals surface area (Å²) >= 11 is 11.1. The molecule has 2 rings (SSSR count). The highest BCUT2D eigenvalue weighted by molar-refractivity contribution is 9.10. The summed E-state index contributed by atoms with van der Waals surface area (Å²) in [6.45, 7) is 0. The topological polar surface area (TPSA) is 12.0 Å². The first kappa shape index (κ1) is 13.1. The number of likely N-dealkylation sites (N-methyl/N-ethyl adjacent to an activating group) is 1. The van der Waals surface area contributed by atoms with Crippen LogP contribution < -0.4 is 5.32 Å². The molecular weight excluding hydrogens is 318 g/mol. The lowest BCUT2D eigenvalue weighted by atomic mass is 10.1. The summed E-state index contributed by atoms with van der Waals surface area (Å²) in [5, 5.41) is 3.33. The number of benzene rings is 1. The smallest absolute Gasteiger partial charge is 0.0931 e. The molecule has 1 N–H and O–H groups in total. The third-order valence-electron chi connectivity index (χ3n) is 2.64. The first-order chi connectivity index (χ1) is 8.19. The van der Waals surface area contributed by atoms with Crippen molar-refractivity contribution in [3.05, 3.63) is 55.6 Å². The van der Waals surface area contributed by atoms with Crippen LogP contribution in [0.1, 0.15) is 16.5 Å². The first-order valence-electron chi connectivity index (χ1n) is 5.36. The summed E-state index contributed by atoms with van der Waals surface area (Å²) in [5.74, 6) is 0. The molecule has 90 valence electrons. The summed E-state index contributed by atoms with van der Waals surface area (Å²) in [5.41, 5.74) is 1.32. The summed E-state index contributed by atoms with van der Waals surface area (Å²) in [6, 6.07) is 12.8. The number of hydrogen-bond acceptors (Lipinski definition) is 2. The van der Waals surface area contributed by atoms with Crippen LogP contribution >= 0.6 is 38.9 Å². The van der Waals surface area contributed by atoms with Crippen LogP contribution in [0.4, 0.5) is 0 Å². The Kier molecular flexibility index (Phi) is 4.62. The van der Waals surface area contributed by atoms with E-state index in [9.17, 15) is 0 Å². The fourth-order valence-electron chi connectivity index (χ4n) is 1.72. The van der Waals surface area contributed by atoms with E-state index in [4.69, 9.17) is 11.6 Å². The maximum Gasteiger partial charge on any atom is 0.0931 e. The third kappa shape index (κ3) is 3.55. The molecule has 0 fully saturated rings. The van der Waals surface area contributed by atoms with Crippen LogP contribution in [-0.4, -0.2) is 7.05 Å². The van der Waals surface area contributed by atoms with Crippen molar-refractivity contribution >= 4 is 38.9 Å². The van der Waals surface area contributed by atoms with Gasteiger partial charge >= 0.3 is 0 Å². The van der Waals surface area contributed by atoms with Crippen LogP contribution in [0.25, 0.3) is 0 Å². The molecule has 0 radical (unpaired) electrons. The monoisotopic (exact) mass is 329 g/mol. The van der Waals surface area contributed by atoms with Gasteiger partial charge in [0.15, 0.2) is 0 Å². The Morgan fingerprint density at radius 2 is 1.94 bits per heavy atom. The Balaban J connectivity index is 2.12. The molecule has 1 atom stereocenters. The van der Waals surface area contributed by atoms with E-state index in [1.54, 1.807) is 11.3 Å². The van der Waals surface area contributed by atoms with E-state index < -0.39 is 0 Å². The van der Waals surface area contributed by atoms with Crippen molar-refractivity contribution in [2.45, 2.75) is 12.5 Å². The van der Waals surface area contributed by atoms with Gasteiger partial charge in [0.05, 0.1) is 4.34 Å². The van der Waals surface area contributed by atoms with E-state index in [1.165, 1.54) is 10.4 Å². The molecule has 0 saturated heterocycles. The van der Waals surface area contributed by atoms with E-state index in [0.29, 0.717) is 6.04 Å². The number of hydrogen-bond donors (Lipinski definition) is 1. The zero-order valence-electron chi connectivity index (χ0n) is 9.41. The van der Waals surface area contributed by atoms with E-state index in [1.807, 2.05) is 13.1 Å². The molecule has 0 aliphatic carbocycles. The standard InChI is InChI=1S/C13H13BrClNS/c1-16-11(12-6-7-13(15)17-12)8-9-2-4-10(14)5-3-9/h2-7,11,16H,8H2,1H3. The van der Waals surface area contributed by atoms with E-state index in [-0.39, 0.29) is 0 Å². The predicted octanol–water partition coefficient (Wildman–Crippen LogP) is 4.67. The maximum absolute atomic E-state index is 5.97. The molecule has 1 heterocycles. The molecule has 1 aromatic carbocycles. The number of halogens is 2.